The summed E-state index contributed by atoms with van der Waals surface area (Å²) in [5, 5.41) is 10.6. The van der Waals surface area contributed by atoms with E-state index in [-0.39, 0.29) is 23.8 Å². The van der Waals surface area contributed by atoms with Gasteiger partial charge in [-0.25, -0.2) is 4.98 Å². The summed E-state index contributed by atoms with van der Waals surface area (Å²) >= 11 is 1.83. The molecule has 2 aliphatic heterocycles. The van der Waals surface area contributed by atoms with E-state index in [2.05, 4.69) is 44.5 Å². The number of rotatable bonds is 5. The number of hydrogen-bond donors (Lipinski definition) is 2. The van der Waals surface area contributed by atoms with Crippen molar-refractivity contribution in [1.29, 1.82) is 0 Å². The standard InChI is InChI=1S/C19H27N5O2S/c1-12-3-4-15(27-12)9-24-10-16(18-20-13(2)22-23-18)17(11-24)21-19(25)14-5-7-26-8-6-14/h3-4,14,16-17H,5-11H2,1-2H3,(H,21,25)(H,20,22,23)/t16-,17-/m1/s1. The van der Waals surface area contributed by atoms with E-state index in [1.54, 1.807) is 0 Å². The summed E-state index contributed by atoms with van der Waals surface area (Å²) in [5.74, 6) is 1.93. The van der Waals surface area contributed by atoms with Crippen LogP contribution in [0.5, 0.6) is 0 Å². The van der Waals surface area contributed by atoms with Crippen molar-refractivity contribution in [3.63, 3.8) is 0 Å². The van der Waals surface area contributed by atoms with Gasteiger partial charge in [-0.1, -0.05) is 0 Å². The van der Waals surface area contributed by atoms with Gasteiger partial charge in [0.15, 0.2) is 5.82 Å². The van der Waals surface area contributed by atoms with Crippen molar-refractivity contribution in [3.05, 3.63) is 33.5 Å². The maximum Gasteiger partial charge on any atom is 0.223 e. The van der Waals surface area contributed by atoms with Gasteiger partial charge in [0.1, 0.15) is 5.82 Å². The van der Waals surface area contributed by atoms with Crippen LogP contribution < -0.4 is 5.32 Å². The largest absolute Gasteiger partial charge is 0.381 e. The molecule has 1 amide bonds. The summed E-state index contributed by atoms with van der Waals surface area (Å²) in [5.41, 5.74) is 0. The third-order valence-electron chi connectivity index (χ3n) is 5.44. The van der Waals surface area contributed by atoms with E-state index in [4.69, 9.17) is 4.74 Å². The van der Waals surface area contributed by atoms with E-state index < -0.39 is 0 Å². The van der Waals surface area contributed by atoms with E-state index in [1.807, 2.05) is 18.3 Å². The molecule has 2 fully saturated rings. The quantitative estimate of drug-likeness (QED) is 0.817. The number of aryl methyl sites for hydroxylation is 2. The zero-order valence-electron chi connectivity index (χ0n) is 15.9. The lowest BCUT2D eigenvalue weighted by Gasteiger charge is -2.25. The number of carbonyl (C=O) groups excluding carboxylic acids is 1. The van der Waals surface area contributed by atoms with E-state index in [0.717, 1.165) is 44.1 Å². The van der Waals surface area contributed by atoms with Crippen LogP contribution in [-0.2, 0) is 16.1 Å². The van der Waals surface area contributed by atoms with Gasteiger partial charge in [0.05, 0.1) is 12.0 Å². The minimum absolute atomic E-state index is 0.0385. The van der Waals surface area contributed by atoms with Crippen LogP contribution >= 0.6 is 11.3 Å². The monoisotopic (exact) mass is 389 g/mol. The van der Waals surface area contributed by atoms with Crippen LogP contribution in [0.1, 0.15) is 40.2 Å². The van der Waals surface area contributed by atoms with Crippen molar-refractivity contribution in [1.82, 2.24) is 25.4 Å². The molecule has 2 atom stereocenters. The van der Waals surface area contributed by atoms with Crippen molar-refractivity contribution in [2.75, 3.05) is 26.3 Å². The van der Waals surface area contributed by atoms with Crippen LogP contribution in [0.2, 0.25) is 0 Å². The number of hydrogen-bond acceptors (Lipinski definition) is 6. The van der Waals surface area contributed by atoms with Gasteiger partial charge in [0.2, 0.25) is 5.91 Å². The Bertz CT molecular complexity index is 783. The number of amides is 1. The van der Waals surface area contributed by atoms with Gasteiger partial charge in [-0.05, 0) is 38.8 Å². The van der Waals surface area contributed by atoms with Crippen LogP contribution in [0.3, 0.4) is 0 Å². The molecule has 7 nitrogen and oxygen atoms in total. The fourth-order valence-corrected chi connectivity index (χ4v) is 4.93. The second-order valence-electron chi connectivity index (χ2n) is 7.59. The predicted octanol–water partition coefficient (Wildman–Crippen LogP) is 1.99. The molecular formula is C19H27N5O2S. The van der Waals surface area contributed by atoms with Gasteiger partial charge in [-0.15, -0.1) is 11.3 Å². The minimum Gasteiger partial charge on any atom is -0.381 e. The Labute approximate surface area is 163 Å². The molecule has 0 aromatic carbocycles. The van der Waals surface area contributed by atoms with E-state index >= 15 is 0 Å². The highest BCUT2D eigenvalue weighted by Crippen LogP contribution is 2.29. The van der Waals surface area contributed by atoms with Gasteiger partial charge in [-0.2, -0.15) is 5.10 Å². The third kappa shape index (κ3) is 4.39. The van der Waals surface area contributed by atoms with E-state index in [0.29, 0.717) is 13.2 Å². The molecule has 146 valence electrons. The van der Waals surface area contributed by atoms with Crippen LogP contribution in [0.4, 0.5) is 0 Å². The maximum atomic E-state index is 12.8. The Morgan fingerprint density at radius 2 is 2.15 bits per heavy atom. The second-order valence-corrected chi connectivity index (χ2v) is 8.97. The number of thiophene rings is 1. The fraction of sp³-hybridized carbons (Fsp3) is 0.632. The zero-order chi connectivity index (χ0) is 18.8. The first-order valence-electron chi connectivity index (χ1n) is 9.63. The first kappa shape index (κ1) is 18.6. The lowest BCUT2D eigenvalue weighted by molar-refractivity contribution is -0.128. The molecule has 27 heavy (non-hydrogen) atoms. The number of aromatic amines is 1. The zero-order valence-corrected chi connectivity index (χ0v) is 16.7. The Morgan fingerprint density at radius 3 is 2.81 bits per heavy atom. The molecule has 0 aliphatic carbocycles. The number of H-pyrrole nitrogens is 1. The SMILES string of the molecule is Cc1nc([C@@H]2CN(Cc3ccc(C)s3)C[C@H]2NC(=O)C2CCOCC2)n[nH]1. The van der Waals surface area contributed by atoms with Crippen molar-refractivity contribution in [2.24, 2.45) is 5.92 Å². The number of nitrogens with one attached hydrogen (secondary N) is 2. The summed E-state index contributed by atoms with van der Waals surface area (Å²) < 4.78 is 5.39. The first-order chi connectivity index (χ1) is 13.1. The van der Waals surface area contributed by atoms with Crippen molar-refractivity contribution in [2.45, 2.75) is 45.2 Å². The van der Waals surface area contributed by atoms with Gasteiger partial charge < -0.3 is 10.1 Å². The number of likely N-dealkylation sites (tertiary alicyclic amines) is 1. The molecule has 0 bridgehead atoms. The molecule has 2 saturated heterocycles. The highest BCUT2D eigenvalue weighted by Gasteiger charge is 2.38. The molecular weight excluding hydrogens is 362 g/mol. The first-order valence-corrected chi connectivity index (χ1v) is 10.4. The van der Waals surface area contributed by atoms with Crippen molar-refractivity contribution < 1.29 is 9.53 Å². The van der Waals surface area contributed by atoms with E-state index in [1.165, 1.54) is 9.75 Å². The normalized spacial score (nSPS) is 24.4. The second kappa shape index (κ2) is 8.08. The average molecular weight is 390 g/mol. The number of carbonyl (C=O) groups is 1. The molecule has 8 heteroatoms. The van der Waals surface area contributed by atoms with Gasteiger partial charge >= 0.3 is 0 Å². The molecule has 2 N–H and O–H groups in total. The molecule has 2 aromatic rings. The Morgan fingerprint density at radius 1 is 1.33 bits per heavy atom. The lowest BCUT2D eigenvalue weighted by atomic mass is 9.97. The highest BCUT2D eigenvalue weighted by atomic mass is 32.1. The molecule has 0 spiro atoms. The molecule has 4 rings (SSSR count). The Hall–Kier alpha value is -1.77. The van der Waals surface area contributed by atoms with Gasteiger partial charge in [-0.3, -0.25) is 14.8 Å². The maximum absolute atomic E-state index is 12.8. The predicted molar refractivity (Wildman–Crippen MR) is 104 cm³/mol. The molecule has 4 heterocycles. The summed E-state index contributed by atoms with van der Waals surface area (Å²) in [6.07, 6.45) is 1.61. The molecule has 2 aromatic heterocycles. The number of nitrogens with zero attached hydrogens (tertiary/aromatic N) is 3. The van der Waals surface area contributed by atoms with Gasteiger partial charge in [0, 0.05) is 48.5 Å². The summed E-state index contributed by atoms with van der Waals surface area (Å²) in [7, 11) is 0. The Kier molecular flexibility index (Phi) is 5.56. The number of aromatic nitrogens is 3. The van der Waals surface area contributed by atoms with Crippen molar-refractivity contribution in [3.8, 4) is 0 Å². The molecule has 0 saturated carbocycles. The van der Waals surface area contributed by atoms with Crippen LogP contribution in [0, 0.1) is 19.8 Å². The van der Waals surface area contributed by atoms with Crippen LogP contribution in [-0.4, -0.2) is 58.3 Å². The lowest BCUT2D eigenvalue weighted by Crippen LogP contribution is -2.44. The highest BCUT2D eigenvalue weighted by molar-refractivity contribution is 7.11. The summed E-state index contributed by atoms with van der Waals surface area (Å²) in [6, 6.07) is 4.40. The fourth-order valence-electron chi connectivity index (χ4n) is 4.00. The summed E-state index contributed by atoms with van der Waals surface area (Å²) in [4.78, 5) is 22.4. The Balaban J connectivity index is 1.46. The van der Waals surface area contributed by atoms with Crippen LogP contribution in [0.25, 0.3) is 0 Å². The van der Waals surface area contributed by atoms with Crippen LogP contribution in [0.15, 0.2) is 12.1 Å². The minimum atomic E-state index is 0.0385. The molecule has 0 unspecified atom stereocenters. The third-order valence-corrected chi connectivity index (χ3v) is 6.42. The van der Waals surface area contributed by atoms with Gasteiger partial charge in [0.25, 0.3) is 0 Å². The average Bonchev–Trinajstić information content (AvgIpc) is 3.37. The van der Waals surface area contributed by atoms with E-state index in [9.17, 15) is 4.79 Å². The molecule has 2 aliphatic rings. The van der Waals surface area contributed by atoms with Crippen molar-refractivity contribution >= 4 is 17.2 Å². The topological polar surface area (TPSA) is 83.1 Å². The number of ether oxygens (including phenoxy) is 1. The molecule has 0 radical (unpaired) electrons. The summed E-state index contributed by atoms with van der Waals surface area (Å²) in [6.45, 7) is 7.98. The smallest absolute Gasteiger partial charge is 0.223 e.